The van der Waals surface area contributed by atoms with Crippen LogP contribution in [-0.4, -0.2) is 15.9 Å². The number of H-pyrrole nitrogens is 1. The molecule has 4 aromatic rings. The average Bonchev–Trinajstić information content (AvgIpc) is 2.74. The largest absolute Gasteiger partial charge is 0.322 e. The Balaban J connectivity index is 1.83. The second-order valence-corrected chi connectivity index (χ2v) is 7.06. The number of carbonyl (C=O) groups excluding carboxylic acids is 1. The standard InChI is InChI=1S/C24H21N3O2/c1-16-7-5-11-22(17(16)2)27(24(29)19-9-6-12-25-14-19)15-20-13-18-8-3-4-10-21(18)26-23(20)28/h3-14H,15H2,1-2H3,(H,26,28). The van der Waals surface area contributed by atoms with E-state index in [9.17, 15) is 9.59 Å². The number of hydrogen-bond donors (Lipinski definition) is 1. The molecule has 1 N–H and O–H groups in total. The summed E-state index contributed by atoms with van der Waals surface area (Å²) in [6, 6.07) is 18.8. The zero-order valence-corrected chi connectivity index (χ0v) is 16.3. The fourth-order valence-electron chi connectivity index (χ4n) is 3.42. The maximum atomic E-state index is 13.4. The Kier molecular flexibility index (Phi) is 4.96. The third-order valence-electron chi connectivity index (χ3n) is 5.18. The van der Waals surface area contributed by atoms with E-state index in [1.165, 1.54) is 0 Å². The van der Waals surface area contributed by atoms with Crippen LogP contribution in [-0.2, 0) is 6.54 Å². The van der Waals surface area contributed by atoms with E-state index < -0.39 is 0 Å². The first kappa shape index (κ1) is 18.6. The number of aryl methyl sites for hydroxylation is 1. The normalized spacial score (nSPS) is 10.8. The Bertz CT molecular complexity index is 1250. The number of aromatic amines is 1. The van der Waals surface area contributed by atoms with E-state index in [1.54, 1.807) is 29.4 Å². The molecule has 29 heavy (non-hydrogen) atoms. The summed E-state index contributed by atoms with van der Waals surface area (Å²) in [5.41, 5.74) is 4.45. The van der Waals surface area contributed by atoms with Crippen LogP contribution in [0.5, 0.6) is 0 Å². The molecule has 2 aromatic heterocycles. The summed E-state index contributed by atoms with van der Waals surface area (Å²) < 4.78 is 0. The molecule has 2 aromatic carbocycles. The smallest absolute Gasteiger partial charge is 0.260 e. The quantitative estimate of drug-likeness (QED) is 0.568. The molecule has 1 amide bonds. The van der Waals surface area contributed by atoms with Gasteiger partial charge in [-0.15, -0.1) is 0 Å². The highest BCUT2D eigenvalue weighted by atomic mass is 16.2. The molecule has 0 spiro atoms. The number of hydrogen-bond acceptors (Lipinski definition) is 3. The highest BCUT2D eigenvalue weighted by Gasteiger charge is 2.22. The highest BCUT2D eigenvalue weighted by molar-refractivity contribution is 6.06. The van der Waals surface area contributed by atoms with Crippen molar-refractivity contribution in [1.29, 1.82) is 0 Å². The van der Waals surface area contributed by atoms with E-state index in [4.69, 9.17) is 0 Å². The van der Waals surface area contributed by atoms with Crippen molar-refractivity contribution in [2.24, 2.45) is 0 Å². The third-order valence-corrected chi connectivity index (χ3v) is 5.18. The van der Waals surface area contributed by atoms with Crippen molar-refractivity contribution >= 4 is 22.5 Å². The number of rotatable bonds is 4. The number of carbonyl (C=O) groups is 1. The van der Waals surface area contributed by atoms with Gasteiger partial charge in [0, 0.05) is 29.2 Å². The summed E-state index contributed by atoms with van der Waals surface area (Å²) in [6.07, 6.45) is 3.18. The Morgan fingerprint density at radius 1 is 1.03 bits per heavy atom. The highest BCUT2D eigenvalue weighted by Crippen LogP contribution is 2.26. The summed E-state index contributed by atoms with van der Waals surface area (Å²) in [6.45, 7) is 4.16. The van der Waals surface area contributed by atoms with Crippen molar-refractivity contribution in [3.63, 3.8) is 0 Å². The fourth-order valence-corrected chi connectivity index (χ4v) is 3.42. The molecule has 0 bridgehead atoms. The van der Waals surface area contributed by atoms with Crippen molar-refractivity contribution in [2.45, 2.75) is 20.4 Å². The van der Waals surface area contributed by atoms with Gasteiger partial charge in [0.05, 0.1) is 12.1 Å². The molecule has 4 rings (SSSR count). The number of nitrogens with zero attached hydrogens (tertiary/aromatic N) is 2. The van der Waals surface area contributed by atoms with Gasteiger partial charge in [-0.2, -0.15) is 0 Å². The minimum atomic E-state index is -0.196. The Hall–Kier alpha value is -3.73. The van der Waals surface area contributed by atoms with Crippen molar-refractivity contribution < 1.29 is 4.79 Å². The number of anilines is 1. The second kappa shape index (κ2) is 7.72. The molecule has 5 heteroatoms. The zero-order valence-electron chi connectivity index (χ0n) is 16.3. The minimum absolute atomic E-state index is 0.165. The number of nitrogens with one attached hydrogen (secondary N) is 1. The van der Waals surface area contributed by atoms with Crippen LogP contribution in [0.4, 0.5) is 5.69 Å². The van der Waals surface area contributed by atoms with Crippen LogP contribution in [0.15, 0.2) is 77.9 Å². The van der Waals surface area contributed by atoms with Gasteiger partial charge in [-0.05, 0) is 60.7 Å². The topological polar surface area (TPSA) is 66.1 Å². The SMILES string of the molecule is Cc1cccc(N(Cc2cc3ccccc3[nH]c2=O)C(=O)c2cccnc2)c1C. The maximum absolute atomic E-state index is 13.4. The predicted octanol–water partition coefficient (Wildman–Crippen LogP) is 4.39. The molecule has 0 saturated heterocycles. The minimum Gasteiger partial charge on any atom is -0.322 e. The Morgan fingerprint density at radius 2 is 1.86 bits per heavy atom. The molecule has 0 aliphatic rings. The number of aromatic nitrogens is 2. The summed E-state index contributed by atoms with van der Waals surface area (Å²) in [7, 11) is 0. The second-order valence-electron chi connectivity index (χ2n) is 7.06. The molecule has 2 heterocycles. The van der Waals surface area contributed by atoms with Crippen LogP contribution in [0.25, 0.3) is 10.9 Å². The monoisotopic (exact) mass is 383 g/mol. The fraction of sp³-hybridized carbons (Fsp3) is 0.125. The number of amides is 1. The number of benzene rings is 2. The molecule has 0 unspecified atom stereocenters. The Morgan fingerprint density at radius 3 is 2.66 bits per heavy atom. The lowest BCUT2D eigenvalue weighted by Gasteiger charge is -2.25. The molecule has 0 atom stereocenters. The van der Waals surface area contributed by atoms with Crippen molar-refractivity contribution in [1.82, 2.24) is 9.97 Å². The molecule has 5 nitrogen and oxygen atoms in total. The van der Waals surface area contributed by atoms with E-state index in [-0.39, 0.29) is 18.0 Å². The van der Waals surface area contributed by atoms with Gasteiger partial charge in [0.1, 0.15) is 0 Å². The summed E-state index contributed by atoms with van der Waals surface area (Å²) in [5.74, 6) is -0.195. The van der Waals surface area contributed by atoms with E-state index in [1.807, 2.05) is 62.4 Å². The van der Waals surface area contributed by atoms with E-state index >= 15 is 0 Å². The molecule has 0 radical (unpaired) electrons. The maximum Gasteiger partial charge on any atom is 0.260 e. The lowest BCUT2D eigenvalue weighted by atomic mass is 10.1. The van der Waals surface area contributed by atoms with Gasteiger partial charge >= 0.3 is 0 Å². The number of fused-ring (bicyclic) bond motifs is 1. The lowest BCUT2D eigenvalue weighted by molar-refractivity contribution is 0.0984. The zero-order chi connectivity index (χ0) is 20.4. The van der Waals surface area contributed by atoms with Gasteiger partial charge in [-0.25, -0.2) is 0 Å². The lowest BCUT2D eigenvalue weighted by Crippen LogP contribution is -2.33. The number of para-hydroxylation sites is 1. The molecule has 0 fully saturated rings. The first-order valence-electron chi connectivity index (χ1n) is 9.43. The van der Waals surface area contributed by atoms with E-state index in [0.717, 1.165) is 27.7 Å². The van der Waals surface area contributed by atoms with Gasteiger partial charge < -0.3 is 9.88 Å². The van der Waals surface area contributed by atoms with Gasteiger partial charge in [0.15, 0.2) is 0 Å². The molecule has 144 valence electrons. The van der Waals surface area contributed by atoms with Crippen LogP contribution < -0.4 is 10.5 Å². The number of pyridine rings is 2. The summed E-state index contributed by atoms with van der Waals surface area (Å²) >= 11 is 0. The molecule has 0 aliphatic carbocycles. The van der Waals surface area contributed by atoms with Crippen LogP contribution in [0.2, 0.25) is 0 Å². The molecule has 0 saturated carbocycles. The van der Waals surface area contributed by atoms with Gasteiger partial charge in [-0.3, -0.25) is 14.6 Å². The average molecular weight is 383 g/mol. The van der Waals surface area contributed by atoms with Gasteiger partial charge in [0.2, 0.25) is 0 Å². The first-order valence-corrected chi connectivity index (χ1v) is 9.43. The van der Waals surface area contributed by atoms with Crippen molar-refractivity contribution in [2.75, 3.05) is 4.90 Å². The molecular weight excluding hydrogens is 362 g/mol. The van der Waals surface area contributed by atoms with Crippen LogP contribution >= 0.6 is 0 Å². The predicted molar refractivity (Wildman–Crippen MR) is 115 cm³/mol. The van der Waals surface area contributed by atoms with E-state index in [0.29, 0.717) is 11.1 Å². The third kappa shape index (κ3) is 3.67. The molecular formula is C24H21N3O2. The Labute approximate surface area is 168 Å². The van der Waals surface area contributed by atoms with Gasteiger partial charge in [0.25, 0.3) is 11.5 Å². The van der Waals surface area contributed by atoms with Crippen molar-refractivity contribution in [3.8, 4) is 0 Å². The first-order chi connectivity index (χ1) is 14.0. The molecule has 0 aliphatic heterocycles. The van der Waals surface area contributed by atoms with Gasteiger partial charge in [-0.1, -0.05) is 30.3 Å². The van der Waals surface area contributed by atoms with Crippen LogP contribution in [0.1, 0.15) is 27.0 Å². The van der Waals surface area contributed by atoms with Crippen LogP contribution in [0.3, 0.4) is 0 Å². The van der Waals surface area contributed by atoms with Crippen molar-refractivity contribution in [3.05, 3.63) is 106 Å². The van der Waals surface area contributed by atoms with E-state index in [2.05, 4.69) is 9.97 Å². The van der Waals surface area contributed by atoms with Crippen LogP contribution in [0, 0.1) is 13.8 Å². The summed E-state index contributed by atoms with van der Waals surface area (Å²) in [4.78, 5) is 34.7. The summed E-state index contributed by atoms with van der Waals surface area (Å²) in [5, 5.41) is 0.928.